The van der Waals surface area contributed by atoms with Crippen LogP contribution in [0.3, 0.4) is 0 Å². The van der Waals surface area contributed by atoms with E-state index in [9.17, 15) is 8.42 Å². The van der Waals surface area contributed by atoms with Crippen LogP contribution in [0.4, 0.5) is 5.82 Å². The fraction of sp³-hybridized carbons (Fsp3) is 0.227. The van der Waals surface area contributed by atoms with Crippen LogP contribution < -0.4 is 4.72 Å². The summed E-state index contributed by atoms with van der Waals surface area (Å²) < 4.78 is 29.7. The summed E-state index contributed by atoms with van der Waals surface area (Å²) in [7, 11) is -3.76. The van der Waals surface area contributed by atoms with Gasteiger partial charge in [-0.15, -0.1) is 15.3 Å². The molecule has 4 rings (SSSR count). The van der Waals surface area contributed by atoms with E-state index in [1.807, 2.05) is 43.3 Å². The molecule has 2 aromatic carbocycles. The molecule has 0 unspecified atom stereocenters. The Morgan fingerprint density at radius 3 is 2.47 bits per heavy atom. The van der Waals surface area contributed by atoms with Crippen molar-refractivity contribution in [2.75, 3.05) is 4.72 Å². The molecule has 0 saturated carbocycles. The third kappa shape index (κ3) is 4.18. The molecule has 8 heteroatoms. The third-order valence-corrected chi connectivity index (χ3v) is 6.03. The van der Waals surface area contributed by atoms with Crippen LogP contribution >= 0.6 is 0 Å². The topological polar surface area (TPSA) is 89.2 Å². The first-order chi connectivity index (χ1) is 14.3. The van der Waals surface area contributed by atoms with Gasteiger partial charge in [-0.2, -0.15) is 4.52 Å². The van der Waals surface area contributed by atoms with Crippen LogP contribution in [0.5, 0.6) is 0 Å². The van der Waals surface area contributed by atoms with Crippen molar-refractivity contribution in [3.8, 4) is 11.4 Å². The first kappa shape index (κ1) is 20.0. The number of nitrogens with zero attached hydrogens (tertiary/aromatic N) is 4. The van der Waals surface area contributed by atoms with Crippen LogP contribution in [0.25, 0.3) is 17.0 Å². The maximum absolute atomic E-state index is 12.8. The second kappa shape index (κ2) is 7.87. The van der Waals surface area contributed by atoms with Gasteiger partial charge in [0.25, 0.3) is 10.0 Å². The maximum atomic E-state index is 12.8. The zero-order valence-corrected chi connectivity index (χ0v) is 17.9. The summed E-state index contributed by atoms with van der Waals surface area (Å²) in [6.07, 6.45) is 0.904. The van der Waals surface area contributed by atoms with Gasteiger partial charge in [-0.1, -0.05) is 49.7 Å². The Morgan fingerprint density at radius 2 is 1.77 bits per heavy atom. The zero-order chi connectivity index (χ0) is 21.3. The number of benzene rings is 2. The van der Waals surface area contributed by atoms with E-state index in [1.165, 1.54) is 0 Å². The number of hydrogen-bond donors (Lipinski definition) is 1. The fourth-order valence-corrected chi connectivity index (χ4v) is 4.28. The average Bonchev–Trinajstić information content (AvgIpc) is 3.11. The Hall–Kier alpha value is -3.26. The standard InChI is InChI=1S/C22H23N5O2S/c1-15(2)13-17-7-9-19(10-8-17)30(28,29)26-20-11-12-21-23-24-22(27(21)25-20)18-6-4-5-16(3)14-18/h4-12,14-15H,13H2,1-3H3,(H,25,26). The van der Waals surface area contributed by atoms with E-state index in [-0.39, 0.29) is 10.7 Å². The van der Waals surface area contributed by atoms with Gasteiger partial charge < -0.3 is 0 Å². The largest absolute Gasteiger partial charge is 0.263 e. The lowest BCUT2D eigenvalue weighted by molar-refractivity contribution is 0.600. The van der Waals surface area contributed by atoms with Crippen molar-refractivity contribution < 1.29 is 8.42 Å². The van der Waals surface area contributed by atoms with Gasteiger partial charge in [0.2, 0.25) is 0 Å². The highest BCUT2D eigenvalue weighted by molar-refractivity contribution is 7.92. The minimum absolute atomic E-state index is 0.194. The van der Waals surface area contributed by atoms with Gasteiger partial charge in [0.1, 0.15) is 0 Å². The lowest BCUT2D eigenvalue weighted by atomic mass is 10.0. The van der Waals surface area contributed by atoms with Crippen molar-refractivity contribution in [2.24, 2.45) is 5.92 Å². The number of aryl methyl sites for hydroxylation is 1. The highest BCUT2D eigenvalue weighted by Gasteiger charge is 2.17. The molecule has 7 nitrogen and oxygen atoms in total. The van der Waals surface area contributed by atoms with Crippen molar-refractivity contribution in [3.05, 3.63) is 71.8 Å². The Labute approximate surface area is 175 Å². The van der Waals surface area contributed by atoms with E-state index in [0.29, 0.717) is 17.4 Å². The monoisotopic (exact) mass is 421 g/mol. The predicted octanol–water partition coefficient (Wildman–Crippen LogP) is 4.10. The SMILES string of the molecule is Cc1cccc(-c2nnc3ccc(NS(=O)(=O)c4ccc(CC(C)C)cc4)nn23)c1. The number of anilines is 1. The summed E-state index contributed by atoms with van der Waals surface area (Å²) in [5.74, 6) is 1.25. The molecule has 30 heavy (non-hydrogen) atoms. The van der Waals surface area contributed by atoms with Gasteiger partial charge in [0, 0.05) is 5.56 Å². The smallest absolute Gasteiger partial charge is 0.262 e. The maximum Gasteiger partial charge on any atom is 0.263 e. The number of aromatic nitrogens is 4. The molecule has 154 valence electrons. The van der Waals surface area contributed by atoms with Gasteiger partial charge >= 0.3 is 0 Å². The highest BCUT2D eigenvalue weighted by Crippen LogP contribution is 2.21. The quantitative estimate of drug-likeness (QED) is 0.506. The summed E-state index contributed by atoms with van der Waals surface area (Å²) >= 11 is 0. The van der Waals surface area contributed by atoms with E-state index in [0.717, 1.165) is 23.1 Å². The molecule has 0 aliphatic carbocycles. The van der Waals surface area contributed by atoms with Crippen molar-refractivity contribution in [1.82, 2.24) is 19.8 Å². The molecule has 0 bridgehead atoms. The first-order valence-corrected chi connectivity index (χ1v) is 11.2. The minimum atomic E-state index is -3.76. The second-order valence-corrected chi connectivity index (χ2v) is 9.41. The molecule has 0 saturated heterocycles. The normalized spacial score (nSPS) is 11.9. The average molecular weight is 422 g/mol. The van der Waals surface area contributed by atoms with E-state index in [4.69, 9.17) is 0 Å². The Balaban J connectivity index is 1.64. The number of nitrogens with one attached hydrogen (secondary N) is 1. The molecular weight excluding hydrogens is 398 g/mol. The highest BCUT2D eigenvalue weighted by atomic mass is 32.2. The molecule has 0 radical (unpaired) electrons. The van der Waals surface area contributed by atoms with Gasteiger partial charge in [-0.25, -0.2) is 8.42 Å². The number of sulfonamides is 1. The van der Waals surface area contributed by atoms with E-state index in [2.05, 4.69) is 33.9 Å². The number of rotatable bonds is 6. The van der Waals surface area contributed by atoms with E-state index in [1.54, 1.807) is 28.8 Å². The third-order valence-electron chi connectivity index (χ3n) is 4.66. The van der Waals surface area contributed by atoms with Crippen LogP contribution in [-0.4, -0.2) is 28.2 Å². The van der Waals surface area contributed by atoms with Gasteiger partial charge in [0.15, 0.2) is 17.3 Å². The van der Waals surface area contributed by atoms with Crippen LogP contribution in [0.1, 0.15) is 25.0 Å². The molecule has 0 aliphatic heterocycles. The minimum Gasteiger partial charge on any atom is -0.262 e. The van der Waals surface area contributed by atoms with Gasteiger partial charge in [-0.3, -0.25) is 4.72 Å². The van der Waals surface area contributed by atoms with Crippen LogP contribution in [0.2, 0.25) is 0 Å². The second-order valence-electron chi connectivity index (χ2n) is 7.73. The molecule has 0 aliphatic rings. The van der Waals surface area contributed by atoms with Crippen molar-refractivity contribution in [1.29, 1.82) is 0 Å². The van der Waals surface area contributed by atoms with Crippen LogP contribution in [-0.2, 0) is 16.4 Å². The molecule has 2 aromatic heterocycles. The predicted molar refractivity (Wildman–Crippen MR) is 117 cm³/mol. The number of hydrogen-bond acceptors (Lipinski definition) is 5. The van der Waals surface area contributed by atoms with Crippen LogP contribution in [0.15, 0.2) is 65.6 Å². The van der Waals surface area contributed by atoms with Crippen molar-refractivity contribution in [3.63, 3.8) is 0 Å². The molecule has 0 amide bonds. The Bertz CT molecular complexity index is 1290. The summed E-state index contributed by atoms with van der Waals surface area (Å²) in [5, 5.41) is 12.7. The lowest BCUT2D eigenvalue weighted by Gasteiger charge is -2.09. The fourth-order valence-electron chi connectivity index (χ4n) is 3.28. The molecule has 1 N–H and O–H groups in total. The molecule has 4 aromatic rings. The van der Waals surface area contributed by atoms with Crippen molar-refractivity contribution >= 4 is 21.5 Å². The summed E-state index contributed by atoms with van der Waals surface area (Å²) in [5.41, 5.74) is 3.58. The summed E-state index contributed by atoms with van der Waals surface area (Å²) in [4.78, 5) is 0.194. The number of fused-ring (bicyclic) bond motifs is 1. The summed E-state index contributed by atoms with van der Waals surface area (Å²) in [6.45, 7) is 6.25. The molecule has 0 atom stereocenters. The molecule has 0 fully saturated rings. The van der Waals surface area contributed by atoms with E-state index < -0.39 is 10.0 Å². The molecule has 2 heterocycles. The van der Waals surface area contributed by atoms with Gasteiger partial charge in [0.05, 0.1) is 4.90 Å². The van der Waals surface area contributed by atoms with Gasteiger partial charge in [-0.05, 0) is 55.2 Å². The van der Waals surface area contributed by atoms with Crippen molar-refractivity contribution in [2.45, 2.75) is 32.1 Å². The first-order valence-electron chi connectivity index (χ1n) is 9.73. The molecule has 0 spiro atoms. The van der Waals surface area contributed by atoms with Crippen LogP contribution in [0, 0.1) is 12.8 Å². The zero-order valence-electron chi connectivity index (χ0n) is 17.1. The van der Waals surface area contributed by atoms with E-state index >= 15 is 0 Å². The molecular formula is C22H23N5O2S. The Kier molecular flexibility index (Phi) is 5.26. The lowest BCUT2D eigenvalue weighted by Crippen LogP contribution is -2.15. The Morgan fingerprint density at radius 1 is 1.00 bits per heavy atom. The summed E-state index contributed by atoms with van der Waals surface area (Å²) in [6, 6.07) is 18.0.